The molecule has 7 heteroatoms. The number of rotatable bonds is 6. The second-order valence-corrected chi connectivity index (χ2v) is 9.56. The van der Waals surface area contributed by atoms with E-state index in [9.17, 15) is 4.79 Å². The van der Waals surface area contributed by atoms with Crippen molar-refractivity contribution in [3.63, 3.8) is 0 Å². The first-order valence-corrected chi connectivity index (χ1v) is 12.6. The summed E-state index contributed by atoms with van der Waals surface area (Å²) in [6.07, 6.45) is 5.42. The number of amides is 1. The van der Waals surface area contributed by atoms with E-state index in [-0.39, 0.29) is 5.91 Å². The Hall–Kier alpha value is -3.06. The van der Waals surface area contributed by atoms with Gasteiger partial charge in [0.05, 0.1) is 11.4 Å². The molecule has 0 spiro atoms. The highest BCUT2D eigenvalue weighted by atomic mass is 32.2. The van der Waals surface area contributed by atoms with Crippen molar-refractivity contribution in [1.29, 1.82) is 0 Å². The minimum Gasteiger partial charge on any atom is -0.341 e. The maximum atomic E-state index is 13.0. The second-order valence-electron chi connectivity index (χ2n) is 8.62. The van der Waals surface area contributed by atoms with Crippen LogP contribution in [-0.2, 0) is 4.79 Å². The van der Waals surface area contributed by atoms with Crippen molar-refractivity contribution in [1.82, 2.24) is 19.7 Å². The van der Waals surface area contributed by atoms with Gasteiger partial charge in [-0.2, -0.15) is 0 Å². The van der Waals surface area contributed by atoms with Gasteiger partial charge < -0.3 is 9.80 Å². The topological polar surface area (TPSA) is 54.3 Å². The van der Waals surface area contributed by atoms with Crippen LogP contribution >= 0.6 is 11.8 Å². The average molecular weight is 460 g/mol. The zero-order valence-electron chi connectivity index (χ0n) is 19.0. The molecule has 0 bridgehead atoms. The predicted molar refractivity (Wildman–Crippen MR) is 134 cm³/mol. The highest BCUT2D eigenvalue weighted by Crippen LogP contribution is 2.29. The molecule has 1 fully saturated rings. The Morgan fingerprint density at radius 2 is 1.73 bits per heavy atom. The Bertz CT molecular complexity index is 1130. The summed E-state index contributed by atoms with van der Waals surface area (Å²) in [4.78, 5) is 17.2. The molecule has 0 radical (unpaired) electrons. The quantitative estimate of drug-likeness (QED) is 0.505. The molecule has 1 aromatic heterocycles. The van der Waals surface area contributed by atoms with Gasteiger partial charge in [0, 0.05) is 26.2 Å². The van der Waals surface area contributed by atoms with Gasteiger partial charge in [0.15, 0.2) is 5.16 Å². The normalized spacial score (nSPS) is 16.2. The highest BCUT2D eigenvalue weighted by Gasteiger charge is 2.24. The molecule has 0 atom stereocenters. The third kappa shape index (κ3) is 4.83. The van der Waals surface area contributed by atoms with Crippen molar-refractivity contribution >= 4 is 29.2 Å². The molecule has 6 nitrogen and oxygen atoms in total. The number of benzene rings is 2. The zero-order chi connectivity index (χ0) is 22.6. The van der Waals surface area contributed by atoms with Crippen LogP contribution in [0.15, 0.2) is 65.8 Å². The number of nitrogens with zero attached hydrogens (tertiary/aromatic N) is 5. The van der Waals surface area contributed by atoms with E-state index < -0.39 is 0 Å². The van der Waals surface area contributed by atoms with E-state index in [2.05, 4.69) is 81.2 Å². The summed E-state index contributed by atoms with van der Waals surface area (Å²) in [5, 5.41) is 9.76. The lowest BCUT2D eigenvalue weighted by molar-refractivity contribution is -0.127. The fourth-order valence-corrected chi connectivity index (χ4v) is 5.27. The van der Waals surface area contributed by atoms with Crippen LogP contribution in [0.2, 0.25) is 0 Å². The first kappa shape index (κ1) is 21.8. The van der Waals surface area contributed by atoms with E-state index in [1.165, 1.54) is 41.3 Å². The first-order chi connectivity index (χ1) is 16.2. The predicted octanol–water partition coefficient (Wildman–Crippen LogP) is 4.58. The van der Waals surface area contributed by atoms with Gasteiger partial charge in [-0.05, 0) is 49.5 Å². The van der Waals surface area contributed by atoms with Crippen molar-refractivity contribution in [3.05, 3.63) is 71.8 Å². The fraction of sp³-hybridized carbons (Fsp3) is 0.346. The van der Waals surface area contributed by atoms with Crippen LogP contribution in [0.4, 0.5) is 5.95 Å². The number of aromatic nitrogens is 3. The first-order valence-electron chi connectivity index (χ1n) is 11.6. The van der Waals surface area contributed by atoms with Crippen molar-refractivity contribution in [3.8, 4) is 5.69 Å². The van der Waals surface area contributed by atoms with Crippen LogP contribution < -0.4 is 4.90 Å². The largest absolute Gasteiger partial charge is 0.341 e. The lowest BCUT2D eigenvalue weighted by atomic mass is 10.00. The zero-order valence-corrected chi connectivity index (χ0v) is 19.8. The van der Waals surface area contributed by atoms with E-state index >= 15 is 0 Å². The molecule has 3 heterocycles. The van der Waals surface area contributed by atoms with Gasteiger partial charge >= 0.3 is 0 Å². The van der Waals surface area contributed by atoms with E-state index in [0.717, 1.165) is 42.8 Å². The van der Waals surface area contributed by atoms with Crippen molar-refractivity contribution in [2.24, 2.45) is 0 Å². The molecule has 1 amide bonds. The van der Waals surface area contributed by atoms with Crippen molar-refractivity contribution < 1.29 is 4.79 Å². The van der Waals surface area contributed by atoms with Gasteiger partial charge in [0.25, 0.3) is 0 Å². The van der Waals surface area contributed by atoms with Crippen molar-refractivity contribution in [2.75, 3.05) is 36.8 Å². The van der Waals surface area contributed by atoms with E-state index in [1.807, 2.05) is 11.0 Å². The highest BCUT2D eigenvalue weighted by molar-refractivity contribution is 7.99. The lowest BCUT2D eigenvalue weighted by Crippen LogP contribution is -2.35. The summed E-state index contributed by atoms with van der Waals surface area (Å²) in [6.45, 7) is 5.49. The molecule has 2 aliphatic heterocycles. The molecular weight excluding hydrogens is 430 g/mol. The molecule has 2 aliphatic rings. The van der Waals surface area contributed by atoms with Gasteiger partial charge in [-0.1, -0.05) is 65.9 Å². The molecule has 0 saturated carbocycles. The summed E-state index contributed by atoms with van der Waals surface area (Å²) in [5.41, 5.74) is 4.82. The van der Waals surface area contributed by atoms with Gasteiger partial charge in [0.1, 0.15) is 0 Å². The Balaban J connectivity index is 1.29. The Morgan fingerprint density at radius 3 is 2.42 bits per heavy atom. The third-order valence-electron chi connectivity index (χ3n) is 6.33. The monoisotopic (exact) mass is 459 g/mol. The minimum absolute atomic E-state index is 0.143. The van der Waals surface area contributed by atoms with Crippen LogP contribution in [-0.4, -0.2) is 57.5 Å². The summed E-state index contributed by atoms with van der Waals surface area (Å²) in [6, 6.07) is 18.8. The molecular formula is C26H29N5OS. The molecule has 33 heavy (non-hydrogen) atoms. The molecule has 0 unspecified atom stereocenters. The fourth-order valence-electron chi connectivity index (χ4n) is 4.43. The molecule has 5 rings (SSSR count). The minimum atomic E-state index is 0.143. The number of anilines is 1. The van der Waals surface area contributed by atoms with Crippen LogP contribution in [0, 0.1) is 6.92 Å². The second kappa shape index (κ2) is 9.83. The van der Waals surface area contributed by atoms with Gasteiger partial charge in [-0.25, -0.2) is 0 Å². The number of hydrogen-bond donors (Lipinski definition) is 0. The van der Waals surface area contributed by atoms with E-state index in [0.29, 0.717) is 12.3 Å². The van der Waals surface area contributed by atoms with Gasteiger partial charge in [-0.15, -0.1) is 10.2 Å². The molecule has 0 N–H and O–H groups in total. The number of carbonyl (C=O) groups excluding carboxylic acids is 1. The molecule has 1 saturated heterocycles. The van der Waals surface area contributed by atoms with E-state index in [4.69, 9.17) is 0 Å². The smallest absolute Gasteiger partial charge is 0.233 e. The Kier molecular flexibility index (Phi) is 6.48. The van der Waals surface area contributed by atoms with Crippen LogP contribution in [0.25, 0.3) is 11.3 Å². The van der Waals surface area contributed by atoms with E-state index in [1.54, 1.807) is 0 Å². The van der Waals surface area contributed by atoms with Crippen LogP contribution in [0.5, 0.6) is 0 Å². The third-order valence-corrected chi connectivity index (χ3v) is 7.24. The van der Waals surface area contributed by atoms with Gasteiger partial charge in [-0.3, -0.25) is 9.36 Å². The molecule has 2 aromatic carbocycles. The lowest BCUT2D eigenvalue weighted by Gasteiger charge is -2.26. The van der Waals surface area contributed by atoms with Gasteiger partial charge in [0.2, 0.25) is 11.9 Å². The Morgan fingerprint density at radius 1 is 0.970 bits per heavy atom. The maximum Gasteiger partial charge on any atom is 0.233 e. The SMILES string of the molecule is Cc1ccc(-n2c(SCC(=O)N3CC=C(c4ccccc4)CC3)nnc2N2CCCC2)cc1. The number of carbonyl (C=O) groups is 1. The average Bonchev–Trinajstić information content (AvgIpc) is 3.54. The Labute approximate surface area is 199 Å². The summed E-state index contributed by atoms with van der Waals surface area (Å²) >= 11 is 1.48. The summed E-state index contributed by atoms with van der Waals surface area (Å²) in [5.74, 6) is 1.38. The van der Waals surface area contributed by atoms with Crippen LogP contribution in [0.1, 0.15) is 30.4 Å². The standard InChI is InChI=1S/C26H29N5OS/c1-20-9-11-23(12-10-20)31-25(30-15-5-6-16-30)27-28-26(31)33-19-24(32)29-17-13-22(14-18-29)21-7-3-2-4-8-21/h2-4,7-13H,5-6,14-19H2,1H3. The molecule has 3 aromatic rings. The molecule has 0 aliphatic carbocycles. The number of hydrogen-bond acceptors (Lipinski definition) is 5. The number of aryl methyl sites for hydroxylation is 1. The maximum absolute atomic E-state index is 13.0. The summed E-state index contributed by atoms with van der Waals surface area (Å²) < 4.78 is 2.10. The van der Waals surface area contributed by atoms with Crippen molar-refractivity contribution in [2.45, 2.75) is 31.3 Å². The number of thioether (sulfide) groups is 1. The summed E-state index contributed by atoms with van der Waals surface area (Å²) in [7, 11) is 0. The van der Waals surface area contributed by atoms with Crippen LogP contribution in [0.3, 0.4) is 0 Å². The molecule has 170 valence electrons.